The molecule has 2 fully saturated rings. The van der Waals surface area contributed by atoms with Crippen LogP contribution < -0.4 is 30.4 Å². The normalized spacial score (nSPS) is 16.3. The summed E-state index contributed by atoms with van der Waals surface area (Å²) in [5.41, 5.74) is 2.86. The second-order valence-electron chi connectivity index (χ2n) is 13.0. The van der Waals surface area contributed by atoms with Crippen molar-refractivity contribution in [1.82, 2.24) is 30.0 Å². The maximum atomic E-state index is 13.1. The molecule has 0 radical (unpaired) electrons. The van der Waals surface area contributed by atoms with Crippen LogP contribution in [-0.4, -0.2) is 103 Å². The smallest absolute Gasteiger partial charge is 0.259 e. The van der Waals surface area contributed by atoms with Gasteiger partial charge in [-0.25, -0.2) is 0 Å². The average Bonchev–Trinajstić information content (AvgIpc) is 3.14. The Labute approximate surface area is 300 Å². The summed E-state index contributed by atoms with van der Waals surface area (Å²) in [5.74, 6) is 0.479. The highest BCUT2D eigenvalue weighted by Crippen LogP contribution is 2.37. The number of fused-ring (bicyclic) bond motifs is 1. The van der Waals surface area contributed by atoms with Crippen molar-refractivity contribution in [3.8, 4) is 28.4 Å². The number of nitrogens with one attached hydrogen (secondary N) is 2. The molecule has 0 saturated carbocycles. The minimum Gasteiger partial charge on any atom is -0.496 e. The first-order valence-electron chi connectivity index (χ1n) is 17.1. The number of methoxy groups -OCH3 is 2. The maximum absolute atomic E-state index is 13.1. The van der Waals surface area contributed by atoms with Gasteiger partial charge in [0.1, 0.15) is 29.4 Å². The number of aromatic nitrogens is 2. The van der Waals surface area contributed by atoms with Gasteiger partial charge < -0.3 is 29.0 Å². The van der Waals surface area contributed by atoms with E-state index in [9.17, 15) is 24.0 Å². The summed E-state index contributed by atoms with van der Waals surface area (Å²) in [6.07, 6.45) is 6.91. The zero-order chi connectivity index (χ0) is 36.9. The minimum atomic E-state index is -0.784. The Morgan fingerprint density at radius 1 is 1.08 bits per heavy atom. The molecule has 4 heterocycles. The van der Waals surface area contributed by atoms with Gasteiger partial charge in [0.05, 0.1) is 25.2 Å². The number of pyridine rings is 2. The van der Waals surface area contributed by atoms with Crippen LogP contribution in [0.1, 0.15) is 45.5 Å². The molecule has 272 valence electrons. The maximum Gasteiger partial charge on any atom is 0.259 e. The van der Waals surface area contributed by atoms with Gasteiger partial charge in [-0.15, -0.1) is 0 Å². The lowest BCUT2D eigenvalue weighted by Crippen LogP contribution is -2.54. The van der Waals surface area contributed by atoms with Crippen molar-refractivity contribution in [2.75, 3.05) is 47.4 Å². The second kappa shape index (κ2) is 15.7. The van der Waals surface area contributed by atoms with E-state index < -0.39 is 17.9 Å². The molecule has 2 N–H and O–H groups in total. The quantitative estimate of drug-likeness (QED) is 0.112. The number of aryl methyl sites for hydroxylation is 1. The topological polar surface area (TPSA) is 161 Å². The molecule has 2 aliphatic rings. The number of carbonyl (C=O) groups excluding carboxylic acids is 4. The molecule has 14 nitrogen and oxygen atoms in total. The number of likely N-dealkylation sites (tertiary alicyclic amines) is 1. The lowest BCUT2D eigenvalue weighted by atomic mass is 9.99. The van der Waals surface area contributed by atoms with E-state index in [1.165, 1.54) is 18.0 Å². The summed E-state index contributed by atoms with van der Waals surface area (Å²) in [6, 6.07) is 9.71. The first-order valence-corrected chi connectivity index (χ1v) is 17.1. The number of aldehydes is 1. The van der Waals surface area contributed by atoms with Gasteiger partial charge in [-0.3, -0.25) is 39.2 Å². The monoisotopic (exact) mass is 710 g/mol. The van der Waals surface area contributed by atoms with Gasteiger partial charge in [0.15, 0.2) is 6.29 Å². The first-order chi connectivity index (χ1) is 25.1. The molecule has 14 heteroatoms. The third kappa shape index (κ3) is 7.53. The van der Waals surface area contributed by atoms with Crippen LogP contribution in [0.5, 0.6) is 17.2 Å². The minimum absolute atomic E-state index is 0.0485. The highest BCUT2D eigenvalue weighted by molar-refractivity contribution is 6.06. The van der Waals surface area contributed by atoms with Crippen molar-refractivity contribution in [1.29, 1.82) is 0 Å². The molecule has 2 aromatic heterocycles. The molecular formula is C38H42N6O8. The van der Waals surface area contributed by atoms with Crippen LogP contribution >= 0.6 is 0 Å². The Bertz CT molecular complexity index is 2050. The fourth-order valence-electron chi connectivity index (χ4n) is 6.76. The van der Waals surface area contributed by atoms with Gasteiger partial charge in [-0.2, -0.15) is 0 Å². The van der Waals surface area contributed by atoms with E-state index in [-0.39, 0.29) is 41.5 Å². The fourth-order valence-corrected chi connectivity index (χ4v) is 6.76. The van der Waals surface area contributed by atoms with Gasteiger partial charge in [-0.05, 0) is 73.3 Å². The van der Waals surface area contributed by atoms with Gasteiger partial charge in [0, 0.05) is 75.4 Å². The number of ether oxygens (including phenoxy) is 3. The molecule has 4 aromatic rings. The van der Waals surface area contributed by atoms with E-state index >= 15 is 0 Å². The Kier molecular flexibility index (Phi) is 11.0. The summed E-state index contributed by atoms with van der Waals surface area (Å²) >= 11 is 0. The molecule has 0 spiro atoms. The molecule has 0 bridgehead atoms. The van der Waals surface area contributed by atoms with Crippen molar-refractivity contribution in [3.63, 3.8) is 0 Å². The molecule has 2 aromatic carbocycles. The van der Waals surface area contributed by atoms with Crippen molar-refractivity contribution in [2.24, 2.45) is 7.05 Å². The number of rotatable bonds is 14. The van der Waals surface area contributed by atoms with Crippen LogP contribution in [0.4, 0.5) is 0 Å². The first kappa shape index (κ1) is 36.2. The lowest BCUT2D eigenvalue weighted by Gasteiger charge is -2.39. The number of carbonyl (C=O) groups is 4. The Hall–Kier alpha value is -5.60. The van der Waals surface area contributed by atoms with Crippen molar-refractivity contribution >= 4 is 34.8 Å². The highest BCUT2D eigenvalue weighted by Gasteiger charge is 2.34. The summed E-state index contributed by atoms with van der Waals surface area (Å²) in [7, 11) is 6.47. The number of benzene rings is 2. The molecule has 52 heavy (non-hydrogen) atoms. The number of imide groups is 1. The third-order valence-electron chi connectivity index (χ3n) is 9.64. The lowest BCUT2D eigenvalue weighted by molar-refractivity contribution is -0.136. The fraction of sp³-hybridized carbons (Fsp3) is 0.368. The van der Waals surface area contributed by atoms with E-state index in [2.05, 4.69) is 20.5 Å². The summed E-state index contributed by atoms with van der Waals surface area (Å²) in [5, 5.41) is 7.10. The number of piperidine rings is 1. The Balaban J connectivity index is 0.986. The van der Waals surface area contributed by atoms with E-state index in [0.717, 1.165) is 54.7 Å². The summed E-state index contributed by atoms with van der Waals surface area (Å²) < 4.78 is 19.2. The molecule has 0 aliphatic carbocycles. The number of likely N-dealkylation sites (N-methyl/N-ethyl adjacent to an activating group) is 1. The van der Waals surface area contributed by atoms with Gasteiger partial charge in [-0.1, -0.05) is 0 Å². The standard InChI is InChI=1S/C38H42N6O8/c1-42-21-31(28-10-12-40-17-29(28)37(42)48)23-15-33(50-3)30(34(16-23)51-4)18-39-11-5-13-44-19-26(20-44)52-25-6-7-27(24(14-25)22-45)38(49)43(2)32-8-9-35(46)41-36(32)47/h6-7,10,12,14-17,21-22,26,32,39H,5,8-9,11,13,18-20H2,1-4H3,(H,41,46,47). The predicted molar refractivity (Wildman–Crippen MR) is 193 cm³/mol. The van der Waals surface area contributed by atoms with Crippen LogP contribution in [-0.2, 0) is 23.2 Å². The number of amides is 3. The zero-order valence-corrected chi connectivity index (χ0v) is 29.6. The zero-order valence-electron chi connectivity index (χ0n) is 29.6. The molecular weight excluding hydrogens is 668 g/mol. The summed E-state index contributed by atoms with van der Waals surface area (Å²) in [6.45, 7) is 3.63. The molecule has 6 rings (SSSR count). The van der Waals surface area contributed by atoms with E-state index in [4.69, 9.17) is 14.2 Å². The van der Waals surface area contributed by atoms with Crippen LogP contribution in [0.2, 0.25) is 0 Å². The van der Waals surface area contributed by atoms with Gasteiger partial charge in [0.2, 0.25) is 11.8 Å². The Morgan fingerprint density at radius 3 is 2.52 bits per heavy atom. The third-order valence-corrected chi connectivity index (χ3v) is 9.64. The highest BCUT2D eigenvalue weighted by atomic mass is 16.5. The van der Waals surface area contributed by atoms with Crippen molar-refractivity contribution in [2.45, 2.75) is 38.0 Å². The Morgan fingerprint density at radius 2 is 1.83 bits per heavy atom. The average molecular weight is 711 g/mol. The van der Waals surface area contributed by atoms with E-state index in [0.29, 0.717) is 35.5 Å². The molecule has 2 aliphatic heterocycles. The molecule has 1 unspecified atom stereocenters. The SMILES string of the molecule is COc1cc(-c2cn(C)c(=O)c3cnccc23)cc(OC)c1CNCCCN1CC(Oc2ccc(C(=O)N(C)C3CCC(=O)NC3=O)c(C=O)c2)C1. The number of nitrogens with zero attached hydrogens (tertiary/aromatic N) is 4. The van der Waals surface area contributed by atoms with E-state index in [1.54, 1.807) is 50.4 Å². The number of hydrogen-bond donors (Lipinski definition) is 2. The second-order valence-corrected chi connectivity index (χ2v) is 13.0. The van der Waals surface area contributed by atoms with Gasteiger partial charge >= 0.3 is 0 Å². The largest absolute Gasteiger partial charge is 0.496 e. The predicted octanol–water partition coefficient (Wildman–Crippen LogP) is 2.55. The molecule has 2 saturated heterocycles. The molecule has 1 atom stereocenters. The van der Waals surface area contributed by atoms with Crippen LogP contribution in [0.3, 0.4) is 0 Å². The van der Waals surface area contributed by atoms with Crippen LogP contribution in [0, 0.1) is 0 Å². The van der Waals surface area contributed by atoms with Crippen molar-refractivity contribution < 1.29 is 33.4 Å². The summed E-state index contributed by atoms with van der Waals surface area (Å²) in [4.78, 5) is 69.1. The van der Waals surface area contributed by atoms with E-state index in [1.807, 2.05) is 24.4 Å². The van der Waals surface area contributed by atoms with Crippen LogP contribution in [0.15, 0.2) is 59.8 Å². The van der Waals surface area contributed by atoms with Gasteiger partial charge in [0.25, 0.3) is 11.5 Å². The number of hydrogen-bond acceptors (Lipinski definition) is 11. The molecule has 3 amide bonds. The van der Waals surface area contributed by atoms with Crippen molar-refractivity contribution in [3.05, 3.63) is 82.0 Å². The van der Waals surface area contributed by atoms with Crippen LogP contribution in [0.25, 0.3) is 21.9 Å².